The van der Waals surface area contributed by atoms with E-state index in [4.69, 9.17) is 14.2 Å². The molecule has 0 aliphatic carbocycles. The highest BCUT2D eigenvalue weighted by atomic mass is 16.7. The number of esters is 3. The summed E-state index contributed by atoms with van der Waals surface area (Å²) < 4.78 is 17.0. The average molecular weight is 581 g/mol. The number of carbonyl (C=O) groups excluding carboxylic acids is 3. The molecule has 1 heterocycles. The highest BCUT2D eigenvalue weighted by Gasteiger charge is 2.34. The first kappa shape index (κ1) is 32.5. The molecule has 226 valence electrons. The third kappa shape index (κ3) is 8.04. The van der Waals surface area contributed by atoms with Crippen LogP contribution >= 0.6 is 0 Å². The number of benzene rings is 2. The van der Waals surface area contributed by atoms with Crippen LogP contribution in [0.1, 0.15) is 92.8 Å². The van der Waals surface area contributed by atoms with Crippen LogP contribution in [0.3, 0.4) is 0 Å². The van der Waals surface area contributed by atoms with E-state index in [2.05, 4.69) is 4.98 Å². The lowest BCUT2D eigenvalue weighted by Crippen LogP contribution is -2.31. The molecule has 0 spiro atoms. The van der Waals surface area contributed by atoms with E-state index in [0.29, 0.717) is 29.8 Å². The van der Waals surface area contributed by atoms with Gasteiger partial charge in [0.25, 0.3) is 6.29 Å². The monoisotopic (exact) mass is 580 g/mol. The molecule has 1 aromatic heterocycles. The molecule has 0 fully saturated rings. The maximum Gasteiger partial charge on any atom is 0.376 e. The minimum Gasteiger partial charge on any atom is -0.461 e. The molecule has 3 aromatic rings. The number of aromatic nitrogens is 2. The van der Waals surface area contributed by atoms with Gasteiger partial charge in [0.05, 0.1) is 12.2 Å². The van der Waals surface area contributed by atoms with Crippen LogP contribution < -0.4 is 0 Å². The number of aryl methyl sites for hydroxylation is 1. The first-order valence-electron chi connectivity index (χ1n) is 14.0. The van der Waals surface area contributed by atoms with Crippen molar-refractivity contribution in [3.8, 4) is 11.1 Å². The van der Waals surface area contributed by atoms with E-state index in [0.717, 1.165) is 11.1 Å². The van der Waals surface area contributed by atoms with Crippen LogP contribution in [-0.4, -0.2) is 56.2 Å². The minimum atomic E-state index is -2.13. The van der Waals surface area contributed by atoms with E-state index in [-0.39, 0.29) is 24.5 Å². The topological polar surface area (TPSA) is 137 Å². The second-order valence-corrected chi connectivity index (χ2v) is 11.4. The zero-order chi connectivity index (χ0) is 31.2. The fourth-order valence-electron chi connectivity index (χ4n) is 4.35. The number of hydrogen-bond donors (Lipinski definition) is 2. The van der Waals surface area contributed by atoms with Gasteiger partial charge >= 0.3 is 17.9 Å². The van der Waals surface area contributed by atoms with Gasteiger partial charge in [-0.3, -0.25) is 0 Å². The van der Waals surface area contributed by atoms with E-state index >= 15 is 0 Å². The Hall–Kier alpha value is -4.02. The number of ether oxygens (including phenoxy) is 3. The Balaban J connectivity index is 2.00. The molecule has 10 nitrogen and oxygen atoms in total. The van der Waals surface area contributed by atoms with Crippen molar-refractivity contribution in [1.82, 2.24) is 9.55 Å². The fraction of sp³-hybridized carbons (Fsp3) is 0.438. The van der Waals surface area contributed by atoms with Gasteiger partial charge in [0, 0.05) is 13.0 Å². The second-order valence-electron chi connectivity index (χ2n) is 11.4. The van der Waals surface area contributed by atoms with Crippen molar-refractivity contribution in [3.05, 3.63) is 76.9 Å². The third-order valence-electron chi connectivity index (χ3n) is 6.15. The molecule has 0 aliphatic rings. The molecule has 0 saturated carbocycles. The van der Waals surface area contributed by atoms with Gasteiger partial charge in [-0.15, -0.1) is 0 Å². The second kappa shape index (κ2) is 13.3. The van der Waals surface area contributed by atoms with E-state index in [1.807, 2.05) is 64.1 Å². The Morgan fingerprint density at radius 2 is 1.60 bits per heavy atom. The molecule has 0 saturated heterocycles. The van der Waals surface area contributed by atoms with E-state index < -0.39 is 35.4 Å². The van der Waals surface area contributed by atoms with Gasteiger partial charge in [-0.25, -0.2) is 19.4 Å². The first-order valence-corrected chi connectivity index (χ1v) is 14.0. The molecule has 3 rings (SSSR count). The van der Waals surface area contributed by atoms with Crippen LogP contribution in [0, 0.1) is 0 Å². The Labute approximate surface area is 246 Å². The Morgan fingerprint density at radius 3 is 2.17 bits per heavy atom. The number of hydrogen-bond acceptors (Lipinski definition) is 9. The van der Waals surface area contributed by atoms with Crippen molar-refractivity contribution < 1.29 is 38.8 Å². The Kier molecular flexibility index (Phi) is 10.3. The molecule has 1 unspecified atom stereocenters. The van der Waals surface area contributed by atoms with Crippen molar-refractivity contribution in [2.75, 3.05) is 6.61 Å². The average Bonchev–Trinajstić information content (AvgIpc) is 3.27. The lowest BCUT2D eigenvalue weighted by Gasteiger charge is -2.20. The summed E-state index contributed by atoms with van der Waals surface area (Å²) in [7, 11) is 0. The molecule has 1 atom stereocenters. The van der Waals surface area contributed by atoms with Gasteiger partial charge < -0.3 is 29.0 Å². The summed E-state index contributed by atoms with van der Waals surface area (Å²) in [5, 5.41) is 20.9. The summed E-state index contributed by atoms with van der Waals surface area (Å²) in [6.45, 7) is 12.1. The van der Waals surface area contributed by atoms with Crippen LogP contribution in [0.5, 0.6) is 0 Å². The highest BCUT2D eigenvalue weighted by Crippen LogP contribution is 2.29. The van der Waals surface area contributed by atoms with Gasteiger partial charge in [-0.1, -0.05) is 49.4 Å². The summed E-state index contributed by atoms with van der Waals surface area (Å²) >= 11 is 0. The maximum absolute atomic E-state index is 13.3. The predicted molar refractivity (Wildman–Crippen MR) is 156 cm³/mol. The molecule has 10 heteroatoms. The lowest BCUT2D eigenvalue weighted by atomic mass is 9.98. The smallest absolute Gasteiger partial charge is 0.376 e. The van der Waals surface area contributed by atoms with E-state index in [1.54, 1.807) is 23.6 Å². The molecular formula is C32H40N2O8. The summed E-state index contributed by atoms with van der Waals surface area (Å²) in [6.07, 6.45) is -0.921. The van der Waals surface area contributed by atoms with Crippen LogP contribution in [0.15, 0.2) is 48.5 Å². The summed E-state index contributed by atoms with van der Waals surface area (Å²) in [5.74, 6) is -2.01. The van der Waals surface area contributed by atoms with Crippen LogP contribution in [-0.2, 0) is 37.6 Å². The van der Waals surface area contributed by atoms with E-state index in [9.17, 15) is 24.6 Å². The zero-order valence-corrected chi connectivity index (χ0v) is 25.3. The molecule has 0 amide bonds. The summed E-state index contributed by atoms with van der Waals surface area (Å²) in [6, 6.07) is 14.7. The van der Waals surface area contributed by atoms with Crippen LogP contribution in [0.4, 0.5) is 0 Å². The van der Waals surface area contributed by atoms with Crippen molar-refractivity contribution in [2.45, 2.75) is 85.3 Å². The summed E-state index contributed by atoms with van der Waals surface area (Å²) in [5.41, 5.74) is 0.589. The largest absolute Gasteiger partial charge is 0.461 e. The number of nitrogens with zero attached hydrogens (tertiary/aromatic N) is 2. The van der Waals surface area contributed by atoms with E-state index in [1.165, 1.54) is 13.8 Å². The van der Waals surface area contributed by atoms with Crippen molar-refractivity contribution in [1.29, 1.82) is 0 Å². The van der Waals surface area contributed by atoms with Crippen molar-refractivity contribution >= 4 is 17.9 Å². The number of carbonyl (C=O) groups is 3. The standard InChI is InChI=1S/C32H40N2O8/c1-8-12-24-33-26(32(6,7)39)25(28(36)41-30(38)29(37)40-9-2)34(24)19-20-15-17-21(18-16-20)22-13-10-11-14-23(22)27(35)42-31(3,4)5/h10-11,13-18,30,38-39H,8-9,12,19H2,1-7H3. The van der Waals surface area contributed by atoms with Crippen LogP contribution in [0.2, 0.25) is 0 Å². The number of aliphatic hydroxyl groups is 2. The number of imidazole rings is 1. The van der Waals surface area contributed by atoms with Gasteiger partial charge in [0.15, 0.2) is 5.69 Å². The fourth-order valence-corrected chi connectivity index (χ4v) is 4.35. The first-order chi connectivity index (χ1) is 19.7. The SMILES string of the molecule is CCCc1nc(C(C)(C)O)c(C(=O)OC(O)C(=O)OCC)n1Cc1ccc(-c2ccccc2C(=O)OC(C)(C)C)cc1. The van der Waals surface area contributed by atoms with Crippen molar-refractivity contribution in [2.24, 2.45) is 0 Å². The number of rotatable bonds is 11. The highest BCUT2D eigenvalue weighted by molar-refractivity contribution is 5.97. The maximum atomic E-state index is 13.3. The number of aliphatic hydroxyl groups excluding tert-OH is 1. The Morgan fingerprint density at radius 1 is 0.952 bits per heavy atom. The third-order valence-corrected chi connectivity index (χ3v) is 6.15. The Bertz CT molecular complexity index is 1410. The molecule has 0 radical (unpaired) electrons. The minimum absolute atomic E-state index is 0.000804. The van der Waals surface area contributed by atoms with Crippen molar-refractivity contribution in [3.63, 3.8) is 0 Å². The molecule has 0 bridgehead atoms. The zero-order valence-electron chi connectivity index (χ0n) is 25.3. The normalized spacial score (nSPS) is 12.5. The van der Waals surface area contributed by atoms with Crippen LogP contribution in [0.25, 0.3) is 11.1 Å². The van der Waals surface area contributed by atoms with Gasteiger partial charge in [0.2, 0.25) is 0 Å². The molecule has 0 aliphatic heterocycles. The predicted octanol–water partition coefficient (Wildman–Crippen LogP) is 4.77. The van der Waals surface area contributed by atoms with Gasteiger partial charge in [-0.05, 0) is 70.7 Å². The lowest BCUT2D eigenvalue weighted by molar-refractivity contribution is -0.173. The quantitative estimate of drug-likeness (QED) is 0.187. The van der Waals surface area contributed by atoms with Gasteiger partial charge in [0.1, 0.15) is 22.7 Å². The molecule has 42 heavy (non-hydrogen) atoms. The molecule has 2 N–H and O–H groups in total. The van der Waals surface area contributed by atoms with Gasteiger partial charge in [-0.2, -0.15) is 0 Å². The summed E-state index contributed by atoms with van der Waals surface area (Å²) in [4.78, 5) is 42.6. The molecule has 2 aromatic carbocycles. The molecular weight excluding hydrogens is 540 g/mol.